The number of rotatable bonds is 6. The van der Waals surface area contributed by atoms with Crippen LogP contribution in [0.25, 0.3) is 5.76 Å². The molecule has 11 heteroatoms. The first-order chi connectivity index (χ1) is 17.4. The molecule has 4 rings (SSSR count). The van der Waals surface area contributed by atoms with Crippen molar-refractivity contribution in [2.24, 2.45) is 17.6 Å². The minimum atomic E-state index is -2.73. The highest BCUT2D eigenvalue weighted by Crippen LogP contribution is 2.52. The lowest BCUT2D eigenvalue weighted by molar-refractivity contribution is -0.164. The van der Waals surface area contributed by atoms with E-state index in [0.29, 0.717) is 5.56 Å². The summed E-state index contributed by atoms with van der Waals surface area (Å²) < 4.78 is 10.5. The number of amides is 1. The number of aliphatic hydroxyl groups excluding tert-OH is 1. The number of nitrogens with two attached hydrogens (primary N) is 1. The first-order valence-electron chi connectivity index (χ1n) is 11.9. The van der Waals surface area contributed by atoms with E-state index in [1.54, 1.807) is 32.0 Å². The van der Waals surface area contributed by atoms with Crippen molar-refractivity contribution in [1.29, 1.82) is 0 Å². The number of phenolic OH excluding ortho intramolecular Hbond substituents is 1. The van der Waals surface area contributed by atoms with E-state index in [0.717, 1.165) is 5.56 Å². The van der Waals surface area contributed by atoms with Gasteiger partial charge in [0.25, 0.3) is 5.91 Å². The highest BCUT2D eigenvalue weighted by molar-refractivity contribution is 6.33. The van der Waals surface area contributed by atoms with Crippen LogP contribution >= 0.6 is 0 Å². The van der Waals surface area contributed by atoms with Gasteiger partial charge >= 0.3 is 5.97 Å². The van der Waals surface area contributed by atoms with Gasteiger partial charge in [-0.05, 0) is 63.9 Å². The number of phenols is 1. The molecule has 1 fully saturated rings. The topological polar surface area (TPSA) is 177 Å². The largest absolute Gasteiger partial charge is 0.507 e. The minimum Gasteiger partial charge on any atom is -0.507 e. The lowest BCUT2D eigenvalue weighted by Gasteiger charge is -2.50. The van der Waals surface area contributed by atoms with Gasteiger partial charge in [-0.15, -0.1) is 0 Å². The summed E-state index contributed by atoms with van der Waals surface area (Å²) in [6.45, 7) is 2.90. The molecule has 0 spiro atoms. The molecule has 5 N–H and O–H groups in total. The highest BCUT2D eigenvalue weighted by atomic mass is 16.6. The number of hydrogen-bond donors (Lipinski definition) is 4. The van der Waals surface area contributed by atoms with Crippen LogP contribution in [0.15, 0.2) is 29.0 Å². The SMILES string of the molecule is CCOC(=O)COC1=C(C(N)=O)C(=O)[C@@]2(O)C(=O)C3=C(O)c4c(O)ccc(C)c4C[C@H]3C[C@H]2[C@@H]1N(C)C. The molecule has 0 bridgehead atoms. The summed E-state index contributed by atoms with van der Waals surface area (Å²) in [5.74, 6) is -6.95. The van der Waals surface area contributed by atoms with Crippen LogP contribution in [-0.4, -0.2) is 82.6 Å². The number of benzene rings is 1. The van der Waals surface area contributed by atoms with Crippen LogP contribution in [0.3, 0.4) is 0 Å². The number of likely N-dealkylation sites (N-methyl/N-ethyl adjacent to an activating group) is 1. The molecule has 198 valence electrons. The maximum atomic E-state index is 13.9. The molecule has 0 saturated heterocycles. The number of hydrogen-bond acceptors (Lipinski definition) is 10. The number of fused-ring (bicyclic) bond motifs is 3. The second-order valence-corrected chi connectivity index (χ2v) is 9.79. The number of primary amides is 1. The number of Topliss-reactive ketones (excluding diaryl/α,β-unsaturated/α-hetero) is 2. The van der Waals surface area contributed by atoms with Gasteiger partial charge in [-0.3, -0.25) is 19.3 Å². The zero-order valence-corrected chi connectivity index (χ0v) is 21.0. The zero-order chi connectivity index (χ0) is 27.4. The maximum absolute atomic E-state index is 13.9. The minimum absolute atomic E-state index is 0.0586. The Bertz CT molecular complexity index is 1280. The molecule has 0 aromatic heterocycles. The summed E-state index contributed by atoms with van der Waals surface area (Å²) in [6, 6.07) is 2.10. The van der Waals surface area contributed by atoms with Gasteiger partial charge in [-0.1, -0.05) is 6.07 Å². The molecule has 4 atom stereocenters. The number of aryl methyl sites for hydroxylation is 1. The second-order valence-electron chi connectivity index (χ2n) is 9.79. The predicted molar refractivity (Wildman–Crippen MR) is 129 cm³/mol. The second kappa shape index (κ2) is 9.31. The van der Waals surface area contributed by atoms with Crippen LogP contribution < -0.4 is 5.73 Å². The fourth-order valence-electron chi connectivity index (χ4n) is 5.87. The van der Waals surface area contributed by atoms with E-state index in [2.05, 4.69) is 0 Å². The monoisotopic (exact) mass is 514 g/mol. The van der Waals surface area contributed by atoms with E-state index in [1.807, 2.05) is 6.92 Å². The fourth-order valence-corrected chi connectivity index (χ4v) is 5.87. The molecular weight excluding hydrogens is 484 g/mol. The van der Waals surface area contributed by atoms with Crippen molar-refractivity contribution in [3.8, 4) is 5.75 Å². The van der Waals surface area contributed by atoms with Crippen molar-refractivity contribution in [3.05, 3.63) is 45.7 Å². The molecule has 37 heavy (non-hydrogen) atoms. The summed E-state index contributed by atoms with van der Waals surface area (Å²) in [5.41, 5.74) is 3.40. The van der Waals surface area contributed by atoms with Crippen molar-refractivity contribution in [2.75, 3.05) is 27.3 Å². The molecule has 0 unspecified atom stereocenters. The van der Waals surface area contributed by atoms with Crippen LogP contribution in [0, 0.1) is 18.8 Å². The van der Waals surface area contributed by atoms with E-state index in [4.69, 9.17) is 15.2 Å². The number of aromatic hydroxyl groups is 1. The molecule has 3 aliphatic carbocycles. The standard InChI is InChI=1S/C26H30N2O9/c1-5-36-16(30)10-37-22-19(25(27)34)24(33)26(35)14(20(22)28(3)4)9-12-8-13-11(2)6-7-15(29)18(13)21(31)17(12)23(26)32/h6-7,12,14,20,29,31,35H,5,8-10H2,1-4H3,(H2,27,34)/t12-,14-,20-,26-/m0/s1. The molecule has 0 radical (unpaired) electrons. The van der Waals surface area contributed by atoms with Gasteiger partial charge in [0.1, 0.15) is 22.8 Å². The van der Waals surface area contributed by atoms with Crippen LogP contribution in [0.1, 0.15) is 30.0 Å². The average Bonchev–Trinajstić information content (AvgIpc) is 2.81. The lowest BCUT2D eigenvalue weighted by atomic mass is 9.57. The van der Waals surface area contributed by atoms with Gasteiger partial charge in [0.15, 0.2) is 12.2 Å². The number of ether oxygens (including phenoxy) is 2. The van der Waals surface area contributed by atoms with Crippen molar-refractivity contribution in [1.82, 2.24) is 4.90 Å². The Morgan fingerprint density at radius 2 is 1.86 bits per heavy atom. The lowest BCUT2D eigenvalue weighted by Crippen LogP contribution is -2.67. The van der Waals surface area contributed by atoms with E-state index in [-0.39, 0.29) is 42.1 Å². The summed E-state index contributed by atoms with van der Waals surface area (Å²) in [5, 5.41) is 33.3. The van der Waals surface area contributed by atoms with Gasteiger partial charge in [0.05, 0.1) is 18.2 Å². The zero-order valence-electron chi connectivity index (χ0n) is 21.0. The molecule has 0 aliphatic heterocycles. The van der Waals surface area contributed by atoms with Gasteiger partial charge in [-0.2, -0.15) is 0 Å². The summed E-state index contributed by atoms with van der Waals surface area (Å²) >= 11 is 0. The molecule has 11 nitrogen and oxygen atoms in total. The summed E-state index contributed by atoms with van der Waals surface area (Å²) in [4.78, 5) is 53.5. The first-order valence-corrected chi connectivity index (χ1v) is 11.9. The number of ketones is 2. The highest BCUT2D eigenvalue weighted by Gasteiger charge is 2.65. The Morgan fingerprint density at radius 1 is 1.19 bits per heavy atom. The van der Waals surface area contributed by atoms with Crippen molar-refractivity contribution >= 4 is 29.2 Å². The van der Waals surface area contributed by atoms with E-state index >= 15 is 0 Å². The Hall–Kier alpha value is -3.70. The number of esters is 1. The normalized spacial score (nSPS) is 27.0. The maximum Gasteiger partial charge on any atom is 0.344 e. The van der Waals surface area contributed by atoms with Gasteiger partial charge < -0.3 is 30.5 Å². The first kappa shape index (κ1) is 26.4. The number of aliphatic hydroxyl groups is 2. The third-order valence-electron chi connectivity index (χ3n) is 7.46. The predicted octanol–water partition coefficient (Wildman–Crippen LogP) is 0.294. The van der Waals surface area contributed by atoms with E-state index in [9.17, 15) is 34.5 Å². The molecule has 3 aliphatic rings. The third kappa shape index (κ3) is 3.89. The molecule has 1 aromatic carbocycles. The van der Waals surface area contributed by atoms with Crippen LogP contribution in [0.2, 0.25) is 0 Å². The van der Waals surface area contributed by atoms with Crippen LogP contribution in [-0.2, 0) is 35.1 Å². The third-order valence-corrected chi connectivity index (χ3v) is 7.46. The van der Waals surface area contributed by atoms with Gasteiger partial charge in [0, 0.05) is 11.5 Å². The molecule has 1 saturated carbocycles. The summed E-state index contributed by atoms with van der Waals surface area (Å²) in [7, 11) is 3.22. The molecular formula is C26H30N2O9. The van der Waals surface area contributed by atoms with Crippen molar-refractivity contribution in [2.45, 2.75) is 38.3 Å². The van der Waals surface area contributed by atoms with Gasteiger partial charge in [0.2, 0.25) is 11.6 Å². The Kier molecular flexibility index (Phi) is 6.63. The smallest absolute Gasteiger partial charge is 0.344 e. The van der Waals surface area contributed by atoms with Gasteiger partial charge in [-0.25, -0.2) is 4.79 Å². The van der Waals surface area contributed by atoms with Crippen molar-refractivity contribution in [3.63, 3.8) is 0 Å². The Labute approximate surface area is 213 Å². The van der Waals surface area contributed by atoms with E-state index < -0.39 is 64.9 Å². The quantitative estimate of drug-likeness (QED) is 0.234. The van der Waals surface area contributed by atoms with Crippen LogP contribution in [0.4, 0.5) is 0 Å². The summed E-state index contributed by atoms with van der Waals surface area (Å²) in [6.07, 6.45) is 0.329. The number of carbonyl (C=O) groups is 4. The Balaban J connectivity index is 1.89. The molecule has 1 aromatic rings. The van der Waals surface area contributed by atoms with Crippen molar-refractivity contribution < 1.29 is 44.0 Å². The van der Waals surface area contributed by atoms with E-state index in [1.165, 1.54) is 6.07 Å². The van der Waals surface area contributed by atoms with Crippen LogP contribution in [0.5, 0.6) is 5.75 Å². The molecule has 1 amide bonds. The number of carbonyl (C=O) groups excluding carboxylic acids is 4. The molecule has 0 heterocycles. The Morgan fingerprint density at radius 3 is 2.46 bits per heavy atom. The number of nitrogens with zero attached hydrogens (tertiary/aromatic N) is 1. The average molecular weight is 515 g/mol. The fraction of sp³-hybridized carbons (Fsp3) is 0.462.